The van der Waals surface area contributed by atoms with E-state index in [0.29, 0.717) is 11.1 Å². The zero-order valence-electron chi connectivity index (χ0n) is 11.6. The Morgan fingerprint density at radius 2 is 2.30 bits per heavy atom. The van der Waals surface area contributed by atoms with Crippen LogP contribution in [0.3, 0.4) is 0 Å². The summed E-state index contributed by atoms with van der Waals surface area (Å²) in [4.78, 5) is 17.9. The molecule has 0 aromatic carbocycles. The number of carbonyl (C=O) groups excluding carboxylic acids is 1. The van der Waals surface area contributed by atoms with Crippen LogP contribution < -0.4 is 0 Å². The van der Waals surface area contributed by atoms with E-state index in [1.807, 2.05) is 19.1 Å². The summed E-state index contributed by atoms with van der Waals surface area (Å²) >= 11 is 1.24. The average Bonchev–Trinajstić information content (AvgIpc) is 2.89. The zero-order chi connectivity index (χ0) is 14.5. The van der Waals surface area contributed by atoms with Crippen molar-refractivity contribution in [2.75, 3.05) is 12.8 Å². The molecule has 2 rings (SSSR count). The van der Waals surface area contributed by atoms with Gasteiger partial charge in [0.25, 0.3) is 5.22 Å². The molecule has 0 aliphatic heterocycles. The highest BCUT2D eigenvalue weighted by Gasteiger charge is 2.18. The van der Waals surface area contributed by atoms with Gasteiger partial charge in [0.05, 0.1) is 11.8 Å². The van der Waals surface area contributed by atoms with Gasteiger partial charge in [0.15, 0.2) is 0 Å². The number of hydrogen-bond acceptors (Lipinski definition) is 6. The number of thioether (sulfide) groups is 1. The molecule has 0 bridgehead atoms. The highest BCUT2D eigenvalue weighted by atomic mass is 32.2. The summed E-state index contributed by atoms with van der Waals surface area (Å²) in [7, 11) is 1.78. The van der Waals surface area contributed by atoms with Gasteiger partial charge in [-0.1, -0.05) is 17.8 Å². The van der Waals surface area contributed by atoms with Gasteiger partial charge in [-0.15, -0.1) is 10.2 Å². The number of nitrogens with zero attached hydrogens (tertiary/aromatic N) is 4. The lowest BCUT2D eigenvalue weighted by Gasteiger charge is -2.24. The van der Waals surface area contributed by atoms with Crippen LogP contribution in [0.15, 0.2) is 34.2 Å². The van der Waals surface area contributed by atoms with Crippen LogP contribution in [-0.4, -0.2) is 38.8 Å². The molecular weight excluding hydrogens is 276 g/mol. The van der Waals surface area contributed by atoms with E-state index >= 15 is 0 Å². The Morgan fingerprint density at radius 1 is 1.50 bits per heavy atom. The summed E-state index contributed by atoms with van der Waals surface area (Å²) in [6, 6.07) is 3.79. The Labute approximate surface area is 121 Å². The van der Waals surface area contributed by atoms with E-state index in [9.17, 15) is 4.79 Å². The normalized spacial score (nSPS) is 12.2. The van der Waals surface area contributed by atoms with Crippen molar-refractivity contribution in [2.24, 2.45) is 0 Å². The maximum Gasteiger partial charge on any atom is 0.277 e. The summed E-state index contributed by atoms with van der Waals surface area (Å²) in [6.45, 7) is 3.69. The minimum atomic E-state index is -0.0266. The molecule has 2 heterocycles. The highest BCUT2D eigenvalue weighted by molar-refractivity contribution is 7.99. The minimum Gasteiger partial charge on any atom is -0.416 e. The fourth-order valence-electron chi connectivity index (χ4n) is 1.62. The SMILES string of the molecule is Cc1nnc(SCC(=O)N(C)C(C)c2cccnc2)o1. The number of rotatable bonds is 5. The van der Waals surface area contributed by atoms with Gasteiger partial charge in [-0.2, -0.15) is 0 Å². The maximum absolute atomic E-state index is 12.1. The Kier molecular flexibility index (Phi) is 4.73. The second-order valence-electron chi connectivity index (χ2n) is 4.34. The van der Waals surface area contributed by atoms with Crippen molar-refractivity contribution in [1.29, 1.82) is 0 Å². The molecule has 0 fully saturated rings. The Balaban J connectivity index is 1.91. The third-order valence-electron chi connectivity index (χ3n) is 2.97. The first kappa shape index (κ1) is 14.5. The van der Waals surface area contributed by atoms with Crippen LogP contribution in [-0.2, 0) is 4.79 Å². The molecule has 0 spiro atoms. The first-order chi connectivity index (χ1) is 9.58. The predicted molar refractivity (Wildman–Crippen MR) is 75.2 cm³/mol. The quantitative estimate of drug-likeness (QED) is 0.786. The van der Waals surface area contributed by atoms with E-state index < -0.39 is 0 Å². The number of hydrogen-bond donors (Lipinski definition) is 0. The third-order valence-corrected chi connectivity index (χ3v) is 3.77. The molecule has 1 unspecified atom stereocenters. The van der Waals surface area contributed by atoms with E-state index in [1.54, 1.807) is 31.3 Å². The monoisotopic (exact) mass is 292 g/mol. The summed E-state index contributed by atoms with van der Waals surface area (Å²) in [5, 5.41) is 7.98. The van der Waals surface area contributed by atoms with E-state index in [2.05, 4.69) is 15.2 Å². The fourth-order valence-corrected chi connectivity index (χ4v) is 2.35. The molecule has 1 amide bonds. The van der Waals surface area contributed by atoms with Crippen molar-refractivity contribution >= 4 is 17.7 Å². The number of pyridine rings is 1. The molecule has 0 saturated carbocycles. The molecule has 2 aromatic heterocycles. The lowest BCUT2D eigenvalue weighted by Crippen LogP contribution is -2.31. The van der Waals surface area contributed by atoms with Crippen LogP contribution >= 0.6 is 11.8 Å². The van der Waals surface area contributed by atoms with Crippen molar-refractivity contribution in [1.82, 2.24) is 20.1 Å². The van der Waals surface area contributed by atoms with Gasteiger partial charge in [0.1, 0.15) is 0 Å². The Hall–Kier alpha value is -1.89. The number of aromatic nitrogens is 3. The number of carbonyl (C=O) groups is 1. The number of aryl methyl sites for hydroxylation is 1. The minimum absolute atomic E-state index is 0.00204. The van der Waals surface area contributed by atoms with Crippen LogP contribution in [0, 0.1) is 6.92 Å². The molecule has 0 radical (unpaired) electrons. The maximum atomic E-state index is 12.1. The van der Waals surface area contributed by atoms with Crippen LogP contribution in [0.4, 0.5) is 0 Å². The first-order valence-corrected chi connectivity index (χ1v) is 7.15. The lowest BCUT2D eigenvalue weighted by atomic mass is 10.1. The van der Waals surface area contributed by atoms with Crippen LogP contribution in [0.2, 0.25) is 0 Å². The van der Waals surface area contributed by atoms with E-state index in [0.717, 1.165) is 5.56 Å². The molecule has 6 nitrogen and oxygen atoms in total. The van der Waals surface area contributed by atoms with Crippen LogP contribution in [0.5, 0.6) is 0 Å². The Bertz CT molecular complexity index is 573. The van der Waals surface area contributed by atoms with E-state index in [4.69, 9.17) is 4.42 Å². The largest absolute Gasteiger partial charge is 0.416 e. The van der Waals surface area contributed by atoms with Crippen LogP contribution in [0.1, 0.15) is 24.4 Å². The van der Waals surface area contributed by atoms with Crippen molar-refractivity contribution < 1.29 is 9.21 Å². The van der Waals surface area contributed by atoms with Crippen molar-refractivity contribution in [3.63, 3.8) is 0 Å². The molecule has 7 heteroatoms. The third kappa shape index (κ3) is 3.57. The molecule has 0 N–H and O–H groups in total. The molecule has 0 aliphatic rings. The van der Waals surface area contributed by atoms with Crippen molar-refractivity contribution in [3.05, 3.63) is 36.0 Å². The molecule has 1 atom stereocenters. The van der Waals surface area contributed by atoms with Crippen molar-refractivity contribution in [3.8, 4) is 0 Å². The summed E-state index contributed by atoms with van der Waals surface area (Å²) in [5.74, 6) is 0.766. The van der Waals surface area contributed by atoms with Gasteiger partial charge in [-0.3, -0.25) is 9.78 Å². The topological polar surface area (TPSA) is 72.1 Å². The molecule has 2 aromatic rings. The lowest BCUT2D eigenvalue weighted by molar-refractivity contribution is -0.128. The summed E-state index contributed by atoms with van der Waals surface area (Å²) in [6.07, 6.45) is 3.48. The molecule has 106 valence electrons. The van der Waals surface area contributed by atoms with Crippen LogP contribution in [0.25, 0.3) is 0 Å². The van der Waals surface area contributed by atoms with Gasteiger partial charge in [-0.05, 0) is 18.6 Å². The second-order valence-corrected chi connectivity index (χ2v) is 5.27. The van der Waals surface area contributed by atoms with Gasteiger partial charge in [-0.25, -0.2) is 0 Å². The number of amides is 1. The second kappa shape index (κ2) is 6.51. The highest BCUT2D eigenvalue weighted by Crippen LogP contribution is 2.21. The zero-order valence-corrected chi connectivity index (χ0v) is 12.4. The van der Waals surface area contributed by atoms with E-state index in [1.165, 1.54) is 11.8 Å². The molecule has 20 heavy (non-hydrogen) atoms. The van der Waals surface area contributed by atoms with Gasteiger partial charge in [0.2, 0.25) is 11.8 Å². The van der Waals surface area contributed by atoms with Gasteiger partial charge >= 0.3 is 0 Å². The predicted octanol–water partition coefficient (Wildman–Crippen LogP) is 2.08. The summed E-state index contributed by atoms with van der Waals surface area (Å²) in [5.41, 5.74) is 1.00. The standard InChI is InChI=1S/C13H16N4O2S/c1-9(11-5-4-6-14-7-11)17(3)12(18)8-20-13-16-15-10(2)19-13/h4-7,9H,8H2,1-3H3. The molecular formula is C13H16N4O2S. The molecule has 0 aliphatic carbocycles. The molecule has 0 saturated heterocycles. The van der Waals surface area contributed by atoms with Gasteiger partial charge in [0, 0.05) is 26.4 Å². The van der Waals surface area contributed by atoms with E-state index in [-0.39, 0.29) is 17.7 Å². The Morgan fingerprint density at radius 3 is 2.90 bits per heavy atom. The fraction of sp³-hybridized carbons (Fsp3) is 0.385. The van der Waals surface area contributed by atoms with Crippen molar-refractivity contribution in [2.45, 2.75) is 25.1 Å². The summed E-state index contributed by atoms with van der Waals surface area (Å²) < 4.78 is 5.22. The first-order valence-electron chi connectivity index (χ1n) is 6.16. The van der Waals surface area contributed by atoms with Gasteiger partial charge < -0.3 is 9.32 Å². The average molecular weight is 292 g/mol. The smallest absolute Gasteiger partial charge is 0.277 e.